The molecule has 38 heavy (non-hydrogen) atoms. The minimum absolute atomic E-state index is 0.000744. The molecule has 3 aromatic carbocycles. The van der Waals surface area contributed by atoms with Gasteiger partial charge in [0, 0.05) is 32.0 Å². The first-order valence-corrected chi connectivity index (χ1v) is 13.3. The maximum atomic E-state index is 11.2. The normalized spacial score (nSPS) is 16.6. The van der Waals surface area contributed by atoms with Crippen molar-refractivity contribution in [2.75, 3.05) is 24.3 Å². The average molecular weight is 513 g/mol. The number of aromatic carboxylic acids is 1. The number of aliphatic hydroxyl groups is 1. The number of anilines is 2. The zero-order valence-corrected chi connectivity index (χ0v) is 23.4. The van der Waals surface area contributed by atoms with E-state index in [0.717, 1.165) is 29.7 Å². The summed E-state index contributed by atoms with van der Waals surface area (Å²) >= 11 is 0. The maximum absolute atomic E-state index is 11.2. The van der Waals surface area contributed by atoms with Crippen LogP contribution in [0.25, 0.3) is 6.08 Å². The van der Waals surface area contributed by atoms with Gasteiger partial charge in [0.1, 0.15) is 0 Å². The molecule has 0 saturated carbocycles. The Hall–Kier alpha value is -3.57. The SMILES string of the molecule is CN(C)c1ccc(CNc2cc(C(O)/C=C/c3ccc(C(=O)O)cc3)cc3c2C(C)(C)CCC3(C)C)cc1. The summed E-state index contributed by atoms with van der Waals surface area (Å²) in [6, 6.07) is 19.5. The fourth-order valence-corrected chi connectivity index (χ4v) is 5.28. The third-order valence-corrected chi connectivity index (χ3v) is 7.85. The second-order valence-corrected chi connectivity index (χ2v) is 11.9. The van der Waals surface area contributed by atoms with E-state index < -0.39 is 12.1 Å². The third kappa shape index (κ3) is 5.94. The van der Waals surface area contributed by atoms with Crippen LogP contribution in [0.1, 0.15) is 84.8 Å². The number of rotatable bonds is 8. The minimum Gasteiger partial charge on any atom is -0.478 e. The van der Waals surface area contributed by atoms with Crippen molar-refractivity contribution in [2.45, 2.75) is 64.0 Å². The highest BCUT2D eigenvalue weighted by atomic mass is 16.4. The van der Waals surface area contributed by atoms with Crippen molar-refractivity contribution in [1.82, 2.24) is 0 Å². The van der Waals surface area contributed by atoms with E-state index in [1.165, 1.54) is 22.4 Å². The van der Waals surface area contributed by atoms with Crippen molar-refractivity contribution in [2.24, 2.45) is 0 Å². The van der Waals surface area contributed by atoms with Crippen LogP contribution in [0.15, 0.2) is 66.7 Å². The van der Waals surface area contributed by atoms with Gasteiger partial charge in [-0.15, -0.1) is 0 Å². The molecule has 5 heteroatoms. The summed E-state index contributed by atoms with van der Waals surface area (Å²) in [5.74, 6) is -0.950. The Morgan fingerprint density at radius 1 is 0.974 bits per heavy atom. The lowest BCUT2D eigenvalue weighted by molar-refractivity contribution is 0.0697. The summed E-state index contributed by atoms with van der Waals surface area (Å²) in [5, 5.41) is 24.0. The van der Waals surface area contributed by atoms with E-state index in [1.54, 1.807) is 30.3 Å². The number of carbonyl (C=O) groups is 1. The van der Waals surface area contributed by atoms with E-state index in [2.05, 4.69) is 74.3 Å². The number of carboxylic acids is 1. The van der Waals surface area contributed by atoms with Crippen LogP contribution >= 0.6 is 0 Å². The number of carboxylic acid groups (broad SMARTS) is 1. The molecule has 3 aromatic rings. The van der Waals surface area contributed by atoms with E-state index in [4.69, 9.17) is 5.11 Å². The van der Waals surface area contributed by atoms with E-state index in [9.17, 15) is 9.90 Å². The largest absolute Gasteiger partial charge is 0.478 e. The molecule has 4 rings (SSSR count). The molecule has 0 saturated heterocycles. The topological polar surface area (TPSA) is 72.8 Å². The second kappa shape index (κ2) is 10.7. The summed E-state index contributed by atoms with van der Waals surface area (Å²) in [6.07, 6.45) is 5.00. The zero-order chi connectivity index (χ0) is 27.7. The molecule has 0 bridgehead atoms. The van der Waals surface area contributed by atoms with Gasteiger partial charge in [0.05, 0.1) is 11.7 Å². The highest BCUT2D eigenvalue weighted by Crippen LogP contribution is 2.49. The Balaban J connectivity index is 1.67. The van der Waals surface area contributed by atoms with Gasteiger partial charge >= 0.3 is 5.97 Å². The standard InChI is InChI=1S/C33H40N2O3/c1-32(2)17-18-33(3,4)30-27(32)19-25(29(36)16-11-22-7-12-24(13-8-22)31(37)38)20-28(30)34-21-23-9-14-26(15-10-23)35(5)6/h7-16,19-20,29,34,36H,17-18,21H2,1-6H3,(H,37,38)/b16-11+. The summed E-state index contributed by atoms with van der Waals surface area (Å²) in [5.41, 5.74) is 8.02. The number of nitrogens with one attached hydrogen (secondary N) is 1. The predicted octanol–water partition coefficient (Wildman–Crippen LogP) is 7.16. The average Bonchev–Trinajstić information content (AvgIpc) is 2.88. The van der Waals surface area contributed by atoms with Crippen LogP contribution in [0.4, 0.5) is 11.4 Å². The van der Waals surface area contributed by atoms with Gasteiger partial charge in [-0.2, -0.15) is 0 Å². The van der Waals surface area contributed by atoms with Gasteiger partial charge in [0.15, 0.2) is 0 Å². The Labute approximate surface area is 226 Å². The van der Waals surface area contributed by atoms with E-state index >= 15 is 0 Å². The molecule has 1 unspecified atom stereocenters. The molecule has 0 radical (unpaired) electrons. The lowest BCUT2D eigenvalue weighted by Gasteiger charge is -2.43. The number of nitrogens with zero attached hydrogens (tertiary/aromatic N) is 1. The van der Waals surface area contributed by atoms with Crippen LogP contribution in [0.3, 0.4) is 0 Å². The number of benzene rings is 3. The molecule has 200 valence electrons. The summed E-state index contributed by atoms with van der Waals surface area (Å²) in [6.45, 7) is 9.91. The molecule has 5 nitrogen and oxygen atoms in total. The van der Waals surface area contributed by atoms with Crippen molar-refractivity contribution < 1.29 is 15.0 Å². The lowest BCUT2D eigenvalue weighted by Crippen LogP contribution is -2.35. The zero-order valence-electron chi connectivity index (χ0n) is 23.4. The number of aliphatic hydroxyl groups excluding tert-OH is 1. The van der Waals surface area contributed by atoms with Crippen molar-refractivity contribution in [3.63, 3.8) is 0 Å². The van der Waals surface area contributed by atoms with Crippen molar-refractivity contribution in [3.8, 4) is 0 Å². The molecule has 1 aliphatic rings. The smallest absolute Gasteiger partial charge is 0.335 e. The van der Waals surface area contributed by atoms with Gasteiger partial charge in [-0.3, -0.25) is 0 Å². The lowest BCUT2D eigenvalue weighted by atomic mass is 9.62. The first-order chi connectivity index (χ1) is 17.9. The van der Waals surface area contributed by atoms with Gasteiger partial charge in [0.25, 0.3) is 0 Å². The fourth-order valence-electron chi connectivity index (χ4n) is 5.28. The maximum Gasteiger partial charge on any atom is 0.335 e. The molecular weight excluding hydrogens is 472 g/mol. The molecule has 0 spiro atoms. The van der Waals surface area contributed by atoms with E-state index in [0.29, 0.717) is 6.54 Å². The molecule has 0 aromatic heterocycles. The molecule has 0 fully saturated rings. The Kier molecular flexibility index (Phi) is 7.70. The highest BCUT2D eigenvalue weighted by molar-refractivity contribution is 5.87. The molecule has 0 amide bonds. The molecular formula is C33H40N2O3. The van der Waals surface area contributed by atoms with Crippen LogP contribution in [0.5, 0.6) is 0 Å². The first-order valence-electron chi connectivity index (χ1n) is 13.3. The van der Waals surface area contributed by atoms with Crippen LogP contribution in [0.2, 0.25) is 0 Å². The van der Waals surface area contributed by atoms with Crippen LogP contribution in [-0.4, -0.2) is 30.3 Å². The number of fused-ring (bicyclic) bond motifs is 1. The predicted molar refractivity (Wildman–Crippen MR) is 157 cm³/mol. The van der Waals surface area contributed by atoms with Gasteiger partial charge in [-0.1, -0.05) is 70.2 Å². The van der Waals surface area contributed by atoms with Crippen molar-refractivity contribution in [3.05, 3.63) is 100 Å². The summed E-state index contributed by atoms with van der Waals surface area (Å²) in [7, 11) is 4.08. The minimum atomic E-state index is -0.950. The molecule has 0 heterocycles. The van der Waals surface area contributed by atoms with Crippen molar-refractivity contribution in [1.29, 1.82) is 0 Å². The highest BCUT2D eigenvalue weighted by Gasteiger charge is 2.39. The third-order valence-electron chi connectivity index (χ3n) is 7.85. The Morgan fingerprint density at radius 2 is 1.61 bits per heavy atom. The van der Waals surface area contributed by atoms with E-state index in [-0.39, 0.29) is 16.4 Å². The van der Waals surface area contributed by atoms with Crippen molar-refractivity contribution >= 4 is 23.4 Å². The number of hydrogen-bond donors (Lipinski definition) is 3. The molecule has 0 aliphatic heterocycles. The van der Waals surface area contributed by atoms with Crippen LogP contribution in [-0.2, 0) is 17.4 Å². The summed E-state index contributed by atoms with van der Waals surface area (Å²) in [4.78, 5) is 13.2. The van der Waals surface area contributed by atoms with Crippen LogP contribution in [0, 0.1) is 0 Å². The molecule has 3 N–H and O–H groups in total. The van der Waals surface area contributed by atoms with E-state index in [1.807, 2.05) is 20.2 Å². The number of hydrogen-bond acceptors (Lipinski definition) is 4. The first kappa shape index (κ1) is 27.5. The second-order valence-electron chi connectivity index (χ2n) is 11.9. The van der Waals surface area contributed by atoms with Gasteiger partial charge in [-0.25, -0.2) is 4.79 Å². The van der Waals surface area contributed by atoms with Gasteiger partial charge in [-0.05, 0) is 81.8 Å². The fraction of sp³-hybridized carbons (Fsp3) is 0.364. The Morgan fingerprint density at radius 3 is 2.21 bits per heavy atom. The Bertz CT molecular complexity index is 1320. The molecule has 1 atom stereocenters. The monoisotopic (exact) mass is 512 g/mol. The van der Waals surface area contributed by atoms with Gasteiger partial charge in [0.2, 0.25) is 0 Å². The van der Waals surface area contributed by atoms with Crippen LogP contribution < -0.4 is 10.2 Å². The summed E-state index contributed by atoms with van der Waals surface area (Å²) < 4.78 is 0. The molecule has 1 aliphatic carbocycles. The quantitative estimate of drug-likeness (QED) is 0.299. The van der Waals surface area contributed by atoms with Gasteiger partial charge < -0.3 is 20.4 Å².